The van der Waals surface area contributed by atoms with Gasteiger partial charge in [-0.3, -0.25) is 4.79 Å². The van der Waals surface area contributed by atoms with Crippen LogP contribution in [0.3, 0.4) is 0 Å². The SMILES string of the molecule is CC(=O)C1(C(F)F)CCCCO1. The second kappa shape index (κ2) is 3.47. The number of ketones is 1. The van der Waals surface area contributed by atoms with Crippen molar-refractivity contribution in [2.24, 2.45) is 0 Å². The first-order valence-corrected chi connectivity index (χ1v) is 4.03. The fourth-order valence-corrected chi connectivity index (χ4v) is 1.42. The topological polar surface area (TPSA) is 26.3 Å². The van der Waals surface area contributed by atoms with E-state index in [1.54, 1.807) is 0 Å². The van der Waals surface area contributed by atoms with Crippen molar-refractivity contribution in [1.29, 1.82) is 0 Å². The van der Waals surface area contributed by atoms with E-state index in [0.717, 1.165) is 13.3 Å². The van der Waals surface area contributed by atoms with Crippen LogP contribution in [0.15, 0.2) is 0 Å². The summed E-state index contributed by atoms with van der Waals surface area (Å²) in [6.45, 7) is 1.43. The summed E-state index contributed by atoms with van der Waals surface area (Å²) in [7, 11) is 0. The summed E-state index contributed by atoms with van der Waals surface area (Å²) in [4.78, 5) is 11.0. The van der Waals surface area contributed by atoms with Crippen molar-refractivity contribution >= 4 is 5.78 Å². The van der Waals surface area contributed by atoms with E-state index in [-0.39, 0.29) is 13.0 Å². The van der Waals surface area contributed by atoms with Gasteiger partial charge in [-0.1, -0.05) is 0 Å². The predicted octanol–water partition coefficient (Wildman–Crippen LogP) is 1.78. The predicted molar refractivity (Wildman–Crippen MR) is 39.2 cm³/mol. The Balaban J connectivity index is 2.77. The highest BCUT2D eigenvalue weighted by Gasteiger charge is 2.46. The van der Waals surface area contributed by atoms with Crippen LogP contribution >= 0.6 is 0 Å². The number of Topliss-reactive ketones (excluding diaryl/α,β-unsaturated/α-hetero) is 1. The Labute approximate surface area is 69.9 Å². The molecule has 1 fully saturated rings. The van der Waals surface area contributed by atoms with Gasteiger partial charge in [-0.15, -0.1) is 0 Å². The molecule has 1 unspecified atom stereocenters. The molecule has 0 N–H and O–H groups in total. The lowest BCUT2D eigenvalue weighted by Gasteiger charge is -2.33. The molecule has 0 aromatic carbocycles. The van der Waals surface area contributed by atoms with Crippen LogP contribution in [0, 0.1) is 0 Å². The number of halogens is 2. The second-order valence-electron chi connectivity index (χ2n) is 3.05. The molecule has 12 heavy (non-hydrogen) atoms. The van der Waals surface area contributed by atoms with Crippen LogP contribution in [0.4, 0.5) is 8.78 Å². The Morgan fingerprint density at radius 3 is 2.42 bits per heavy atom. The van der Waals surface area contributed by atoms with E-state index in [4.69, 9.17) is 4.74 Å². The molecule has 0 aromatic heterocycles. The van der Waals surface area contributed by atoms with Gasteiger partial charge in [-0.05, 0) is 26.2 Å². The van der Waals surface area contributed by atoms with Gasteiger partial charge in [0.1, 0.15) is 0 Å². The van der Waals surface area contributed by atoms with E-state index in [1.165, 1.54) is 0 Å². The Kier molecular flexibility index (Phi) is 2.77. The van der Waals surface area contributed by atoms with E-state index < -0.39 is 17.8 Å². The van der Waals surface area contributed by atoms with Gasteiger partial charge < -0.3 is 4.74 Å². The van der Waals surface area contributed by atoms with Crippen LogP contribution in [0.1, 0.15) is 26.2 Å². The summed E-state index contributed by atoms with van der Waals surface area (Å²) >= 11 is 0. The molecule has 70 valence electrons. The minimum absolute atomic E-state index is 0.153. The third kappa shape index (κ3) is 1.48. The maximum atomic E-state index is 12.5. The molecule has 1 rings (SSSR count). The molecule has 0 amide bonds. The van der Waals surface area contributed by atoms with Gasteiger partial charge in [0.2, 0.25) is 0 Å². The molecule has 1 atom stereocenters. The third-order valence-corrected chi connectivity index (χ3v) is 2.25. The molecular weight excluding hydrogens is 166 g/mol. The molecule has 0 radical (unpaired) electrons. The van der Waals surface area contributed by atoms with E-state index in [1.807, 2.05) is 0 Å². The summed E-state index contributed by atoms with van der Waals surface area (Å²) < 4.78 is 29.8. The molecule has 1 heterocycles. The zero-order chi connectivity index (χ0) is 9.19. The van der Waals surface area contributed by atoms with Crippen LogP contribution in [-0.4, -0.2) is 24.4 Å². The molecule has 0 aliphatic carbocycles. The maximum Gasteiger partial charge on any atom is 0.274 e. The Bertz CT molecular complexity index is 174. The van der Waals surface area contributed by atoms with E-state index in [9.17, 15) is 13.6 Å². The second-order valence-corrected chi connectivity index (χ2v) is 3.05. The van der Waals surface area contributed by atoms with Crippen molar-refractivity contribution in [3.63, 3.8) is 0 Å². The summed E-state index contributed by atoms with van der Waals surface area (Å²) in [6.07, 6.45) is -1.14. The highest BCUT2D eigenvalue weighted by Crippen LogP contribution is 2.31. The zero-order valence-electron chi connectivity index (χ0n) is 6.98. The lowest BCUT2D eigenvalue weighted by molar-refractivity contribution is -0.178. The molecule has 0 aromatic rings. The normalized spacial score (nSPS) is 30.7. The molecule has 0 bridgehead atoms. The number of hydrogen-bond acceptors (Lipinski definition) is 2. The molecular formula is C8H12F2O2. The molecule has 1 saturated heterocycles. The number of hydrogen-bond donors (Lipinski definition) is 0. The Morgan fingerprint density at radius 2 is 2.17 bits per heavy atom. The monoisotopic (exact) mass is 178 g/mol. The number of rotatable bonds is 2. The Morgan fingerprint density at radius 1 is 1.50 bits per heavy atom. The van der Waals surface area contributed by atoms with Crippen molar-refractivity contribution < 1.29 is 18.3 Å². The highest BCUT2D eigenvalue weighted by atomic mass is 19.3. The first kappa shape index (κ1) is 9.58. The van der Waals surface area contributed by atoms with Crippen LogP contribution in [0.5, 0.6) is 0 Å². The maximum absolute atomic E-state index is 12.5. The average Bonchev–Trinajstić information content (AvgIpc) is 2.05. The lowest BCUT2D eigenvalue weighted by Crippen LogP contribution is -2.49. The van der Waals surface area contributed by atoms with E-state index in [0.29, 0.717) is 6.42 Å². The van der Waals surface area contributed by atoms with Crippen molar-refractivity contribution in [3.8, 4) is 0 Å². The third-order valence-electron chi connectivity index (χ3n) is 2.25. The first-order valence-electron chi connectivity index (χ1n) is 4.03. The van der Waals surface area contributed by atoms with Gasteiger partial charge in [-0.25, -0.2) is 8.78 Å². The van der Waals surface area contributed by atoms with Crippen molar-refractivity contribution in [3.05, 3.63) is 0 Å². The van der Waals surface area contributed by atoms with Crippen molar-refractivity contribution in [1.82, 2.24) is 0 Å². The molecule has 4 heteroatoms. The minimum atomic E-state index is -2.70. The lowest BCUT2D eigenvalue weighted by atomic mass is 9.90. The van der Waals surface area contributed by atoms with Gasteiger partial charge in [0, 0.05) is 6.61 Å². The highest BCUT2D eigenvalue weighted by molar-refractivity contribution is 5.85. The molecule has 0 spiro atoms. The Hall–Kier alpha value is -0.510. The van der Waals surface area contributed by atoms with Gasteiger partial charge in [0.15, 0.2) is 11.4 Å². The van der Waals surface area contributed by atoms with Crippen LogP contribution < -0.4 is 0 Å². The summed E-state index contributed by atoms with van der Waals surface area (Å²) in [6, 6.07) is 0. The van der Waals surface area contributed by atoms with Crippen LogP contribution in [-0.2, 0) is 9.53 Å². The fourth-order valence-electron chi connectivity index (χ4n) is 1.42. The smallest absolute Gasteiger partial charge is 0.274 e. The van der Waals surface area contributed by atoms with Crippen molar-refractivity contribution in [2.45, 2.75) is 38.2 Å². The minimum Gasteiger partial charge on any atom is -0.361 e. The fraction of sp³-hybridized carbons (Fsp3) is 0.875. The van der Waals surface area contributed by atoms with Crippen LogP contribution in [0.25, 0.3) is 0 Å². The standard InChI is InChI=1S/C8H12F2O2/c1-6(11)8(7(9)10)4-2-3-5-12-8/h7H,2-5H2,1H3. The van der Waals surface area contributed by atoms with E-state index >= 15 is 0 Å². The number of ether oxygens (including phenoxy) is 1. The number of carbonyl (C=O) groups is 1. The van der Waals surface area contributed by atoms with Gasteiger partial charge in [0.25, 0.3) is 6.43 Å². The van der Waals surface area contributed by atoms with Gasteiger partial charge in [0.05, 0.1) is 0 Å². The van der Waals surface area contributed by atoms with Gasteiger partial charge >= 0.3 is 0 Å². The number of carbonyl (C=O) groups excluding carboxylic acids is 1. The average molecular weight is 178 g/mol. The zero-order valence-corrected chi connectivity index (χ0v) is 6.98. The van der Waals surface area contributed by atoms with Crippen molar-refractivity contribution in [2.75, 3.05) is 6.61 Å². The van der Waals surface area contributed by atoms with Gasteiger partial charge in [-0.2, -0.15) is 0 Å². The van der Waals surface area contributed by atoms with Crippen LogP contribution in [0.2, 0.25) is 0 Å². The summed E-state index contributed by atoms with van der Waals surface area (Å²) in [5.74, 6) is -0.558. The largest absolute Gasteiger partial charge is 0.361 e. The van der Waals surface area contributed by atoms with E-state index in [2.05, 4.69) is 0 Å². The molecule has 1 aliphatic heterocycles. The molecule has 2 nitrogen and oxygen atoms in total. The molecule has 1 aliphatic rings. The summed E-state index contributed by atoms with van der Waals surface area (Å²) in [5.41, 5.74) is -1.79. The quantitative estimate of drug-likeness (QED) is 0.644. The summed E-state index contributed by atoms with van der Waals surface area (Å²) in [5, 5.41) is 0. The number of alkyl halides is 2. The molecule has 0 saturated carbocycles. The first-order chi connectivity index (χ1) is 5.59.